The van der Waals surface area contributed by atoms with Crippen molar-refractivity contribution in [2.75, 3.05) is 7.05 Å². The van der Waals surface area contributed by atoms with E-state index in [4.69, 9.17) is 4.74 Å². The number of fused-ring (bicyclic) bond motifs is 1. The molecule has 1 aliphatic heterocycles. The molecule has 0 bridgehead atoms. The molecular formula is C14H21NO. The molecule has 2 unspecified atom stereocenters. The second-order valence-electron chi connectivity index (χ2n) is 4.99. The first kappa shape index (κ1) is 11.5. The molecule has 1 aromatic carbocycles. The minimum Gasteiger partial charge on any atom is -0.487 e. The average molecular weight is 219 g/mol. The van der Waals surface area contributed by atoms with E-state index >= 15 is 0 Å². The van der Waals surface area contributed by atoms with Gasteiger partial charge in [-0.15, -0.1) is 0 Å². The molecule has 2 heteroatoms. The van der Waals surface area contributed by atoms with E-state index in [0.717, 1.165) is 18.6 Å². The van der Waals surface area contributed by atoms with Crippen LogP contribution in [0.25, 0.3) is 0 Å². The van der Waals surface area contributed by atoms with Gasteiger partial charge in [0.2, 0.25) is 0 Å². The molecule has 2 nitrogen and oxygen atoms in total. The normalized spacial score (nSPS) is 28.4. The van der Waals surface area contributed by atoms with Crippen LogP contribution in [0, 0.1) is 6.92 Å². The molecule has 2 atom stereocenters. The van der Waals surface area contributed by atoms with Gasteiger partial charge in [0, 0.05) is 18.0 Å². The molecule has 0 saturated heterocycles. The molecule has 0 aromatic heterocycles. The molecule has 0 aliphatic carbocycles. The fraction of sp³-hybridized carbons (Fsp3) is 0.571. The van der Waals surface area contributed by atoms with Crippen molar-refractivity contribution < 1.29 is 4.74 Å². The van der Waals surface area contributed by atoms with Crippen molar-refractivity contribution in [3.05, 3.63) is 29.3 Å². The Hall–Kier alpha value is -1.02. The quantitative estimate of drug-likeness (QED) is 0.824. The number of aryl methyl sites for hydroxylation is 1. The van der Waals surface area contributed by atoms with Gasteiger partial charge in [-0.1, -0.05) is 19.1 Å². The fourth-order valence-electron chi connectivity index (χ4n) is 2.34. The maximum absolute atomic E-state index is 6.14. The van der Waals surface area contributed by atoms with Crippen molar-refractivity contribution >= 4 is 0 Å². The fourth-order valence-corrected chi connectivity index (χ4v) is 2.34. The first-order chi connectivity index (χ1) is 7.58. The number of hydrogen-bond acceptors (Lipinski definition) is 2. The second kappa shape index (κ2) is 4.10. The van der Waals surface area contributed by atoms with Gasteiger partial charge in [0.25, 0.3) is 0 Å². The first-order valence-electron chi connectivity index (χ1n) is 6.05. The Kier molecular flexibility index (Phi) is 2.94. The smallest absolute Gasteiger partial charge is 0.125 e. The highest BCUT2D eigenvalue weighted by Crippen LogP contribution is 2.41. The van der Waals surface area contributed by atoms with E-state index in [2.05, 4.69) is 44.3 Å². The highest BCUT2D eigenvalue weighted by molar-refractivity contribution is 5.41. The summed E-state index contributed by atoms with van der Waals surface area (Å²) in [7, 11) is 2.02. The number of ether oxygens (including phenoxy) is 1. The van der Waals surface area contributed by atoms with Gasteiger partial charge in [-0.3, -0.25) is 0 Å². The summed E-state index contributed by atoms with van der Waals surface area (Å²) in [6.45, 7) is 6.49. The van der Waals surface area contributed by atoms with Crippen LogP contribution in [0.1, 0.15) is 43.9 Å². The van der Waals surface area contributed by atoms with Gasteiger partial charge in [0.15, 0.2) is 0 Å². The predicted molar refractivity (Wildman–Crippen MR) is 66.9 cm³/mol. The van der Waals surface area contributed by atoms with E-state index in [9.17, 15) is 0 Å². The zero-order valence-electron chi connectivity index (χ0n) is 10.6. The lowest BCUT2D eigenvalue weighted by Crippen LogP contribution is -2.40. The number of nitrogens with one attached hydrogen (secondary N) is 1. The molecule has 0 amide bonds. The number of benzene rings is 1. The van der Waals surface area contributed by atoms with Crippen molar-refractivity contribution in [1.82, 2.24) is 5.32 Å². The third kappa shape index (κ3) is 1.94. The highest BCUT2D eigenvalue weighted by atomic mass is 16.5. The molecule has 0 radical (unpaired) electrons. The highest BCUT2D eigenvalue weighted by Gasteiger charge is 2.35. The monoisotopic (exact) mass is 219 g/mol. The summed E-state index contributed by atoms with van der Waals surface area (Å²) in [6, 6.07) is 6.89. The molecule has 0 saturated carbocycles. The molecule has 0 fully saturated rings. The largest absolute Gasteiger partial charge is 0.487 e. The summed E-state index contributed by atoms with van der Waals surface area (Å²) in [5.74, 6) is 1.05. The van der Waals surface area contributed by atoms with Gasteiger partial charge in [-0.05, 0) is 38.9 Å². The van der Waals surface area contributed by atoms with Crippen LogP contribution in [-0.4, -0.2) is 12.6 Å². The van der Waals surface area contributed by atoms with E-state index in [0.29, 0.717) is 6.04 Å². The standard InChI is InChI=1S/C14H21NO/c1-5-14(3)9-12(15-4)11-7-6-10(2)8-13(11)16-14/h6-8,12,15H,5,9H2,1-4H3. The van der Waals surface area contributed by atoms with Gasteiger partial charge < -0.3 is 10.1 Å². The summed E-state index contributed by atoms with van der Waals surface area (Å²) >= 11 is 0. The lowest BCUT2D eigenvalue weighted by atomic mass is 9.86. The van der Waals surface area contributed by atoms with Crippen LogP contribution in [0.2, 0.25) is 0 Å². The van der Waals surface area contributed by atoms with Gasteiger partial charge in [-0.25, -0.2) is 0 Å². The van der Waals surface area contributed by atoms with Crippen LogP contribution in [0.5, 0.6) is 5.75 Å². The number of hydrogen-bond donors (Lipinski definition) is 1. The van der Waals surface area contributed by atoms with Gasteiger partial charge in [0.1, 0.15) is 11.4 Å². The SMILES string of the molecule is CCC1(C)CC(NC)c2ccc(C)cc2O1. The minimum atomic E-state index is -0.0333. The van der Waals surface area contributed by atoms with Crippen molar-refractivity contribution in [2.24, 2.45) is 0 Å². The van der Waals surface area contributed by atoms with Crippen LogP contribution in [-0.2, 0) is 0 Å². The summed E-state index contributed by atoms with van der Waals surface area (Å²) in [6.07, 6.45) is 2.08. The molecule has 88 valence electrons. The van der Waals surface area contributed by atoms with Crippen molar-refractivity contribution in [3.8, 4) is 5.75 Å². The molecular weight excluding hydrogens is 198 g/mol. The van der Waals surface area contributed by atoms with Crippen LogP contribution in [0.15, 0.2) is 18.2 Å². The Balaban J connectivity index is 2.42. The minimum absolute atomic E-state index is 0.0333. The Labute approximate surface area is 98.0 Å². The summed E-state index contributed by atoms with van der Waals surface area (Å²) < 4.78 is 6.14. The maximum Gasteiger partial charge on any atom is 0.125 e. The van der Waals surface area contributed by atoms with E-state index in [1.54, 1.807) is 0 Å². The molecule has 16 heavy (non-hydrogen) atoms. The Morgan fingerprint density at radius 2 is 2.25 bits per heavy atom. The Morgan fingerprint density at radius 1 is 1.50 bits per heavy atom. The first-order valence-corrected chi connectivity index (χ1v) is 6.05. The molecule has 1 aromatic rings. The van der Waals surface area contributed by atoms with Crippen LogP contribution >= 0.6 is 0 Å². The maximum atomic E-state index is 6.14. The summed E-state index contributed by atoms with van der Waals surface area (Å²) in [4.78, 5) is 0. The van der Waals surface area contributed by atoms with Crippen LogP contribution in [0.3, 0.4) is 0 Å². The Morgan fingerprint density at radius 3 is 2.88 bits per heavy atom. The van der Waals surface area contributed by atoms with Crippen molar-refractivity contribution in [3.63, 3.8) is 0 Å². The van der Waals surface area contributed by atoms with E-state index in [1.807, 2.05) is 7.05 Å². The molecule has 0 spiro atoms. The van der Waals surface area contributed by atoms with E-state index < -0.39 is 0 Å². The molecule has 1 heterocycles. The Bertz CT molecular complexity index is 388. The molecule has 2 rings (SSSR count). The average Bonchev–Trinajstić information content (AvgIpc) is 2.27. The van der Waals surface area contributed by atoms with Gasteiger partial charge in [0.05, 0.1) is 0 Å². The van der Waals surface area contributed by atoms with E-state index in [1.165, 1.54) is 11.1 Å². The summed E-state index contributed by atoms with van der Waals surface area (Å²) in [5, 5.41) is 3.39. The van der Waals surface area contributed by atoms with Crippen LogP contribution < -0.4 is 10.1 Å². The topological polar surface area (TPSA) is 21.3 Å². The number of rotatable bonds is 2. The zero-order valence-corrected chi connectivity index (χ0v) is 10.6. The van der Waals surface area contributed by atoms with Crippen molar-refractivity contribution in [1.29, 1.82) is 0 Å². The second-order valence-corrected chi connectivity index (χ2v) is 4.99. The zero-order chi connectivity index (χ0) is 11.8. The van der Waals surface area contributed by atoms with E-state index in [-0.39, 0.29) is 5.60 Å². The van der Waals surface area contributed by atoms with Crippen LogP contribution in [0.4, 0.5) is 0 Å². The molecule has 1 N–H and O–H groups in total. The van der Waals surface area contributed by atoms with Gasteiger partial charge in [-0.2, -0.15) is 0 Å². The molecule has 1 aliphatic rings. The lowest BCUT2D eigenvalue weighted by Gasteiger charge is -2.39. The predicted octanol–water partition coefficient (Wildman–Crippen LogP) is 3.21. The third-order valence-electron chi connectivity index (χ3n) is 3.63. The lowest BCUT2D eigenvalue weighted by molar-refractivity contribution is 0.0454. The van der Waals surface area contributed by atoms with Crippen molar-refractivity contribution in [2.45, 2.75) is 45.3 Å². The summed E-state index contributed by atoms with van der Waals surface area (Å²) in [5.41, 5.74) is 2.52. The van der Waals surface area contributed by atoms with Gasteiger partial charge >= 0.3 is 0 Å². The third-order valence-corrected chi connectivity index (χ3v) is 3.63.